The molecule has 3 amide bonds. The molecular weight excluding hydrogens is 614 g/mol. The minimum Gasteiger partial charge on any atom is -0.461 e. The van der Waals surface area contributed by atoms with Crippen LogP contribution in [0.1, 0.15) is 180 Å². The van der Waals surface area contributed by atoms with Gasteiger partial charge in [0.25, 0.3) is 0 Å². The van der Waals surface area contributed by atoms with Gasteiger partial charge in [-0.2, -0.15) is 0 Å². The molecule has 0 aliphatic rings. The van der Waals surface area contributed by atoms with Crippen LogP contribution in [0.2, 0.25) is 0 Å². The predicted molar refractivity (Wildman–Crippen MR) is 201 cm³/mol. The highest BCUT2D eigenvalue weighted by atomic mass is 16.5. The molecule has 1 rings (SSSR count). The van der Waals surface area contributed by atoms with Crippen LogP contribution in [0.25, 0.3) is 0 Å². The van der Waals surface area contributed by atoms with Gasteiger partial charge in [0.15, 0.2) is 0 Å². The first kappa shape index (κ1) is 44.1. The Hall–Kier alpha value is -2.90. The smallest absolute Gasteiger partial charge is 0.308 e. The quantitative estimate of drug-likeness (QED) is 0.0504. The lowest BCUT2D eigenvalue weighted by molar-refractivity contribution is -0.147. The molecule has 8 nitrogen and oxygen atoms in total. The molecule has 0 aliphatic heterocycles. The molecule has 0 saturated heterocycles. The van der Waals surface area contributed by atoms with Gasteiger partial charge in [0.2, 0.25) is 17.7 Å². The lowest BCUT2D eigenvalue weighted by Crippen LogP contribution is -2.48. The summed E-state index contributed by atoms with van der Waals surface area (Å²) in [6, 6.07) is 8.41. The summed E-state index contributed by atoms with van der Waals surface area (Å²) in [4.78, 5) is 50.5. The normalized spacial score (nSPS) is 11.6. The zero-order chi connectivity index (χ0) is 35.6. The van der Waals surface area contributed by atoms with Gasteiger partial charge in [-0.15, -0.1) is 0 Å². The number of carbonyl (C=O) groups excluding carboxylic acids is 4. The van der Waals surface area contributed by atoms with Crippen molar-refractivity contribution in [3.63, 3.8) is 0 Å². The maximum Gasteiger partial charge on any atom is 0.308 e. The highest BCUT2D eigenvalue weighted by Crippen LogP contribution is 2.12. The van der Waals surface area contributed by atoms with E-state index in [1.807, 2.05) is 30.3 Å². The van der Waals surface area contributed by atoms with Gasteiger partial charge in [-0.25, -0.2) is 0 Å². The van der Waals surface area contributed by atoms with Crippen molar-refractivity contribution in [2.45, 2.75) is 187 Å². The van der Waals surface area contributed by atoms with E-state index in [0.29, 0.717) is 25.9 Å². The summed E-state index contributed by atoms with van der Waals surface area (Å²) >= 11 is 0. The van der Waals surface area contributed by atoms with Crippen LogP contribution < -0.4 is 16.0 Å². The van der Waals surface area contributed by atoms with Gasteiger partial charge in [-0.3, -0.25) is 19.2 Å². The van der Waals surface area contributed by atoms with E-state index in [2.05, 4.69) is 29.8 Å². The van der Waals surface area contributed by atoms with Gasteiger partial charge in [0, 0.05) is 25.9 Å². The number of esters is 1. The number of nitrogens with one attached hydrogen (secondary N) is 3. The van der Waals surface area contributed by atoms with Gasteiger partial charge in [-0.05, 0) is 31.2 Å². The molecule has 1 aromatic rings. The maximum atomic E-state index is 13.0. The first-order chi connectivity index (χ1) is 24.0. The zero-order valence-corrected chi connectivity index (χ0v) is 31.3. The average Bonchev–Trinajstić information content (AvgIpc) is 3.10. The number of carbonyl (C=O) groups is 4. The van der Waals surface area contributed by atoms with E-state index in [0.717, 1.165) is 50.5 Å². The van der Waals surface area contributed by atoms with Crippen LogP contribution in [0.4, 0.5) is 0 Å². The number of amides is 3. The molecular formula is C41H71N3O5. The van der Waals surface area contributed by atoms with E-state index in [-0.39, 0.29) is 37.2 Å². The Balaban J connectivity index is 2.31. The number of hydrogen-bond acceptors (Lipinski definition) is 5. The third kappa shape index (κ3) is 27.6. The predicted octanol–water partition coefficient (Wildman–Crippen LogP) is 9.24. The molecule has 8 heteroatoms. The van der Waals surface area contributed by atoms with Crippen molar-refractivity contribution in [3.05, 3.63) is 35.9 Å². The molecule has 0 aliphatic carbocycles. The SMILES string of the molecule is CCCCCCCCCCCCCCNC(=O)C(CC(=O)OCc1ccccc1)NC(=O)CCCCCNC(=O)CCCCCCCCC. The van der Waals surface area contributed by atoms with Crippen molar-refractivity contribution < 1.29 is 23.9 Å². The molecule has 0 bridgehead atoms. The number of benzene rings is 1. The Bertz CT molecular complexity index is 971. The third-order valence-corrected chi connectivity index (χ3v) is 9.00. The first-order valence-electron chi connectivity index (χ1n) is 20.0. The van der Waals surface area contributed by atoms with Crippen LogP contribution in [0.15, 0.2) is 30.3 Å². The Morgan fingerprint density at radius 1 is 0.551 bits per heavy atom. The summed E-state index contributed by atoms with van der Waals surface area (Å²) in [5, 5.41) is 8.68. The Morgan fingerprint density at radius 2 is 1.00 bits per heavy atom. The molecule has 1 aromatic carbocycles. The molecule has 0 spiro atoms. The summed E-state index contributed by atoms with van der Waals surface area (Å²) < 4.78 is 5.40. The van der Waals surface area contributed by atoms with Gasteiger partial charge < -0.3 is 20.7 Å². The van der Waals surface area contributed by atoms with Gasteiger partial charge in [0.1, 0.15) is 12.6 Å². The summed E-state index contributed by atoms with van der Waals surface area (Å²) in [6.07, 6.45) is 26.1. The molecule has 280 valence electrons. The Kier molecular flexibility index (Phi) is 29.1. The van der Waals surface area contributed by atoms with E-state index < -0.39 is 12.0 Å². The molecule has 49 heavy (non-hydrogen) atoms. The van der Waals surface area contributed by atoms with Crippen LogP contribution in [-0.4, -0.2) is 42.8 Å². The van der Waals surface area contributed by atoms with Crippen LogP contribution in [0.3, 0.4) is 0 Å². The molecule has 3 N–H and O–H groups in total. The summed E-state index contributed by atoms with van der Waals surface area (Å²) in [5.41, 5.74) is 0.863. The van der Waals surface area contributed by atoms with Gasteiger partial charge in [-0.1, -0.05) is 160 Å². The highest BCUT2D eigenvalue weighted by molar-refractivity contribution is 5.90. The molecule has 0 heterocycles. The Morgan fingerprint density at radius 3 is 1.55 bits per heavy atom. The number of ether oxygens (including phenoxy) is 1. The van der Waals surface area contributed by atoms with Crippen LogP contribution >= 0.6 is 0 Å². The largest absolute Gasteiger partial charge is 0.461 e. The van der Waals surface area contributed by atoms with E-state index in [9.17, 15) is 19.2 Å². The molecule has 0 fully saturated rings. The summed E-state index contributed by atoms with van der Waals surface area (Å²) in [5.74, 6) is -1.04. The third-order valence-electron chi connectivity index (χ3n) is 9.00. The zero-order valence-electron chi connectivity index (χ0n) is 31.3. The van der Waals surface area contributed by atoms with Crippen LogP contribution in [-0.2, 0) is 30.5 Å². The number of unbranched alkanes of at least 4 members (excludes halogenated alkanes) is 19. The monoisotopic (exact) mass is 686 g/mol. The molecule has 0 saturated carbocycles. The van der Waals surface area contributed by atoms with Crippen molar-refractivity contribution in [1.29, 1.82) is 0 Å². The first-order valence-corrected chi connectivity index (χ1v) is 20.0. The van der Waals surface area contributed by atoms with E-state index in [4.69, 9.17) is 4.74 Å². The van der Waals surface area contributed by atoms with Gasteiger partial charge >= 0.3 is 5.97 Å². The van der Waals surface area contributed by atoms with Crippen molar-refractivity contribution in [1.82, 2.24) is 16.0 Å². The molecule has 1 unspecified atom stereocenters. The highest BCUT2D eigenvalue weighted by Gasteiger charge is 2.24. The lowest BCUT2D eigenvalue weighted by Gasteiger charge is -2.18. The minimum absolute atomic E-state index is 0.0998. The van der Waals surface area contributed by atoms with Crippen molar-refractivity contribution in [3.8, 4) is 0 Å². The topological polar surface area (TPSA) is 114 Å². The second kappa shape index (κ2) is 32.3. The lowest BCUT2D eigenvalue weighted by atomic mass is 10.1. The average molecular weight is 686 g/mol. The van der Waals surface area contributed by atoms with Gasteiger partial charge in [0.05, 0.1) is 6.42 Å². The molecule has 0 radical (unpaired) electrons. The van der Waals surface area contributed by atoms with Crippen molar-refractivity contribution >= 4 is 23.7 Å². The Labute approximate surface area is 299 Å². The standard InChI is InChI=1S/C41H71N3O5/c1-3-5-7-9-11-12-13-14-15-17-19-26-33-43-41(48)37(34-40(47)49-35-36-28-22-20-23-29-36)44-39(46)31-25-21-27-32-42-38(45)30-24-18-16-10-8-6-4-2/h20,22-23,28-29,37H,3-19,21,24-27,30-35H2,1-2H3,(H,42,45)(H,43,48)(H,44,46). The van der Waals surface area contributed by atoms with Crippen molar-refractivity contribution in [2.75, 3.05) is 13.1 Å². The molecule has 1 atom stereocenters. The summed E-state index contributed by atoms with van der Waals surface area (Å²) in [7, 11) is 0. The van der Waals surface area contributed by atoms with Crippen LogP contribution in [0, 0.1) is 0 Å². The second-order valence-electron chi connectivity index (χ2n) is 13.7. The fourth-order valence-corrected chi connectivity index (χ4v) is 5.89. The maximum absolute atomic E-state index is 13.0. The van der Waals surface area contributed by atoms with Crippen molar-refractivity contribution in [2.24, 2.45) is 0 Å². The second-order valence-corrected chi connectivity index (χ2v) is 13.7. The minimum atomic E-state index is -0.973. The summed E-state index contributed by atoms with van der Waals surface area (Å²) in [6.45, 7) is 5.71. The number of rotatable bonds is 33. The number of hydrogen-bond donors (Lipinski definition) is 3. The fourth-order valence-electron chi connectivity index (χ4n) is 5.89. The van der Waals surface area contributed by atoms with Crippen LogP contribution in [0.5, 0.6) is 0 Å². The van der Waals surface area contributed by atoms with E-state index in [1.165, 1.54) is 89.9 Å². The fraction of sp³-hybridized carbons (Fsp3) is 0.756. The van der Waals surface area contributed by atoms with E-state index >= 15 is 0 Å². The molecule has 0 aromatic heterocycles. The van der Waals surface area contributed by atoms with E-state index in [1.54, 1.807) is 0 Å².